The summed E-state index contributed by atoms with van der Waals surface area (Å²) >= 11 is 0. The number of amides is 1. The Morgan fingerprint density at radius 3 is 2.62 bits per heavy atom. The van der Waals surface area contributed by atoms with Gasteiger partial charge in [-0.15, -0.1) is 0 Å². The van der Waals surface area contributed by atoms with E-state index in [1.54, 1.807) is 10.9 Å². The molecule has 2 heterocycles. The normalized spacial score (nSPS) is 14.0. The number of carbonyl (C=O) groups excluding carboxylic acids is 2. The minimum absolute atomic E-state index is 0.0359. The van der Waals surface area contributed by atoms with Crippen LogP contribution in [0.2, 0.25) is 0 Å². The molecule has 1 aromatic carbocycles. The lowest BCUT2D eigenvalue weighted by Gasteiger charge is -2.17. The molecule has 3 rings (SSSR count). The Morgan fingerprint density at radius 1 is 1.19 bits per heavy atom. The standard InChI is InChI=1S/C14H11F2N3O2/c1-2-18-7-17-5-8(18)6-19-12-10(16)4-3-9(15)11(12)13(20)14(19)21/h3-5,7H,2,6H2,1H3. The second-order valence-corrected chi connectivity index (χ2v) is 4.64. The van der Waals surface area contributed by atoms with E-state index in [2.05, 4.69) is 4.98 Å². The predicted octanol–water partition coefficient (Wildman–Crippen LogP) is 1.91. The lowest BCUT2D eigenvalue weighted by Crippen LogP contribution is -2.30. The number of nitrogens with zero attached hydrogens (tertiary/aromatic N) is 3. The van der Waals surface area contributed by atoms with E-state index in [1.807, 2.05) is 6.92 Å². The average Bonchev–Trinajstić information content (AvgIpc) is 3.02. The van der Waals surface area contributed by atoms with Crippen LogP contribution in [0.4, 0.5) is 14.5 Å². The molecule has 1 aliphatic heterocycles. The Hall–Kier alpha value is -2.57. The number of imidazole rings is 1. The molecule has 7 heteroatoms. The zero-order valence-electron chi connectivity index (χ0n) is 11.1. The summed E-state index contributed by atoms with van der Waals surface area (Å²) in [6.45, 7) is 2.46. The molecule has 0 saturated carbocycles. The maximum Gasteiger partial charge on any atom is 0.300 e. The summed E-state index contributed by atoms with van der Waals surface area (Å²) in [6.07, 6.45) is 3.09. The third-order valence-corrected chi connectivity index (χ3v) is 3.47. The molecule has 0 spiro atoms. The molecule has 2 aromatic rings. The predicted molar refractivity (Wildman–Crippen MR) is 69.8 cm³/mol. The molecule has 1 amide bonds. The summed E-state index contributed by atoms with van der Waals surface area (Å²) in [5.41, 5.74) is -0.161. The van der Waals surface area contributed by atoms with Crippen molar-refractivity contribution in [2.24, 2.45) is 0 Å². The van der Waals surface area contributed by atoms with E-state index in [4.69, 9.17) is 0 Å². The van der Waals surface area contributed by atoms with Gasteiger partial charge in [-0.25, -0.2) is 13.8 Å². The number of anilines is 1. The molecule has 0 N–H and O–H groups in total. The monoisotopic (exact) mass is 291 g/mol. The molecule has 0 fully saturated rings. The van der Waals surface area contributed by atoms with Crippen molar-refractivity contribution in [2.45, 2.75) is 20.0 Å². The smallest absolute Gasteiger partial charge is 0.300 e. The second kappa shape index (κ2) is 4.76. The number of aryl methyl sites for hydroxylation is 1. The fraction of sp³-hybridized carbons (Fsp3) is 0.214. The van der Waals surface area contributed by atoms with Gasteiger partial charge in [0, 0.05) is 12.7 Å². The first-order valence-corrected chi connectivity index (χ1v) is 6.37. The molecular weight excluding hydrogens is 280 g/mol. The topological polar surface area (TPSA) is 55.2 Å². The van der Waals surface area contributed by atoms with Gasteiger partial charge in [-0.1, -0.05) is 0 Å². The minimum Gasteiger partial charge on any atom is -0.333 e. The van der Waals surface area contributed by atoms with E-state index in [1.165, 1.54) is 6.20 Å². The quantitative estimate of drug-likeness (QED) is 0.812. The number of Topliss-reactive ketones (excluding diaryl/α,β-unsaturated/α-hetero) is 1. The van der Waals surface area contributed by atoms with Gasteiger partial charge < -0.3 is 4.57 Å². The second-order valence-electron chi connectivity index (χ2n) is 4.64. The van der Waals surface area contributed by atoms with Crippen LogP contribution >= 0.6 is 0 Å². The van der Waals surface area contributed by atoms with Gasteiger partial charge in [0.15, 0.2) is 0 Å². The summed E-state index contributed by atoms with van der Waals surface area (Å²) in [4.78, 5) is 28.8. The summed E-state index contributed by atoms with van der Waals surface area (Å²) in [6, 6.07) is 1.75. The van der Waals surface area contributed by atoms with Crippen LogP contribution in [-0.2, 0) is 17.9 Å². The van der Waals surface area contributed by atoms with Gasteiger partial charge in [0.05, 0.1) is 29.8 Å². The third kappa shape index (κ3) is 1.93. The zero-order valence-corrected chi connectivity index (χ0v) is 11.1. The van der Waals surface area contributed by atoms with Crippen LogP contribution < -0.4 is 4.90 Å². The lowest BCUT2D eigenvalue weighted by atomic mass is 10.1. The molecule has 108 valence electrons. The maximum absolute atomic E-state index is 13.9. The molecule has 1 aliphatic rings. The van der Waals surface area contributed by atoms with E-state index in [-0.39, 0.29) is 12.2 Å². The number of carbonyl (C=O) groups is 2. The van der Waals surface area contributed by atoms with Crippen LogP contribution in [0.3, 0.4) is 0 Å². The van der Waals surface area contributed by atoms with Gasteiger partial charge in [-0.2, -0.15) is 0 Å². The van der Waals surface area contributed by atoms with Crippen molar-refractivity contribution in [3.8, 4) is 0 Å². The number of halogens is 2. The molecule has 0 unspecified atom stereocenters. The van der Waals surface area contributed by atoms with Crippen molar-refractivity contribution < 1.29 is 18.4 Å². The molecule has 0 aliphatic carbocycles. The molecular formula is C14H11F2N3O2. The third-order valence-electron chi connectivity index (χ3n) is 3.47. The zero-order chi connectivity index (χ0) is 15.1. The van der Waals surface area contributed by atoms with Crippen LogP contribution in [0.25, 0.3) is 0 Å². The van der Waals surface area contributed by atoms with Crippen molar-refractivity contribution in [3.05, 3.63) is 47.5 Å². The molecule has 0 bridgehead atoms. The van der Waals surface area contributed by atoms with Gasteiger partial charge in [0.2, 0.25) is 0 Å². The Kier molecular flexibility index (Phi) is 3.04. The Labute approximate surface area is 118 Å². The van der Waals surface area contributed by atoms with Crippen molar-refractivity contribution in [1.82, 2.24) is 9.55 Å². The van der Waals surface area contributed by atoms with E-state index >= 15 is 0 Å². The number of fused-ring (bicyclic) bond motifs is 1. The molecule has 0 radical (unpaired) electrons. The van der Waals surface area contributed by atoms with Crippen LogP contribution in [0.1, 0.15) is 23.0 Å². The highest BCUT2D eigenvalue weighted by atomic mass is 19.1. The van der Waals surface area contributed by atoms with Crippen LogP contribution in [-0.4, -0.2) is 21.2 Å². The van der Waals surface area contributed by atoms with Gasteiger partial charge in [-0.3, -0.25) is 14.5 Å². The molecule has 1 aromatic heterocycles. The molecule has 0 saturated heterocycles. The summed E-state index contributed by atoms with van der Waals surface area (Å²) < 4.78 is 29.4. The van der Waals surface area contributed by atoms with Crippen LogP contribution in [0.5, 0.6) is 0 Å². The van der Waals surface area contributed by atoms with Crippen LogP contribution in [0.15, 0.2) is 24.7 Å². The Morgan fingerprint density at radius 2 is 1.90 bits per heavy atom. The number of rotatable bonds is 3. The highest BCUT2D eigenvalue weighted by Gasteiger charge is 2.40. The van der Waals surface area contributed by atoms with Crippen molar-refractivity contribution in [2.75, 3.05) is 4.90 Å². The van der Waals surface area contributed by atoms with E-state index in [0.717, 1.165) is 17.0 Å². The molecule has 21 heavy (non-hydrogen) atoms. The van der Waals surface area contributed by atoms with E-state index in [9.17, 15) is 18.4 Å². The summed E-state index contributed by atoms with van der Waals surface area (Å²) in [7, 11) is 0. The fourth-order valence-corrected chi connectivity index (χ4v) is 2.43. The number of benzene rings is 1. The number of hydrogen-bond acceptors (Lipinski definition) is 3. The van der Waals surface area contributed by atoms with Crippen molar-refractivity contribution in [3.63, 3.8) is 0 Å². The first kappa shape index (κ1) is 13.4. The first-order chi connectivity index (χ1) is 10.0. The SMILES string of the molecule is CCn1cncc1CN1C(=O)C(=O)c2c(F)ccc(F)c21. The summed E-state index contributed by atoms with van der Waals surface area (Å²) in [5, 5.41) is 0. The fourth-order valence-electron chi connectivity index (χ4n) is 2.43. The highest BCUT2D eigenvalue weighted by Crippen LogP contribution is 2.34. The minimum atomic E-state index is -1.02. The maximum atomic E-state index is 13.9. The highest BCUT2D eigenvalue weighted by molar-refractivity contribution is 6.52. The molecule has 5 nitrogen and oxygen atoms in total. The first-order valence-electron chi connectivity index (χ1n) is 6.37. The van der Waals surface area contributed by atoms with Gasteiger partial charge in [0.1, 0.15) is 11.6 Å². The number of aromatic nitrogens is 2. The van der Waals surface area contributed by atoms with Crippen LogP contribution in [0, 0.1) is 11.6 Å². The number of ketones is 1. The van der Waals surface area contributed by atoms with Crippen molar-refractivity contribution >= 4 is 17.4 Å². The summed E-state index contributed by atoms with van der Waals surface area (Å²) in [5.74, 6) is -3.65. The van der Waals surface area contributed by atoms with E-state index < -0.39 is 28.9 Å². The molecule has 0 atom stereocenters. The average molecular weight is 291 g/mol. The van der Waals surface area contributed by atoms with E-state index in [0.29, 0.717) is 12.2 Å². The van der Waals surface area contributed by atoms with Gasteiger partial charge >= 0.3 is 0 Å². The Bertz CT molecular complexity index is 755. The lowest BCUT2D eigenvalue weighted by molar-refractivity contribution is -0.114. The van der Waals surface area contributed by atoms with Crippen molar-refractivity contribution in [1.29, 1.82) is 0 Å². The van der Waals surface area contributed by atoms with Gasteiger partial charge in [0.25, 0.3) is 11.7 Å². The van der Waals surface area contributed by atoms with Gasteiger partial charge in [-0.05, 0) is 19.1 Å². The number of hydrogen-bond donors (Lipinski definition) is 0. The Balaban J connectivity index is 2.08. The largest absolute Gasteiger partial charge is 0.333 e.